The maximum absolute atomic E-state index is 12.8. The molecule has 2 saturated heterocycles. The van der Waals surface area contributed by atoms with Crippen molar-refractivity contribution in [1.29, 1.82) is 0 Å². The molecule has 5 nitrogen and oxygen atoms in total. The van der Waals surface area contributed by atoms with Crippen molar-refractivity contribution in [1.82, 2.24) is 0 Å². The summed E-state index contributed by atoms with van der Waals surface area (Å²) in [6, 6.07) is 7.57. The number of rotatable bonds is 2. The largest absolute Gasteiger partial charge is 0.550 e. The van der Waals surface area contributed by atoms with Crippen LogP contribution in [0.4, 0.5) is 5.69 Å². The lowest BCUT2D eigenvalue weighted by Gasteiger charge is -2.24. The summed E-state index contributed by atoms with van der Waals surface area (Å²) in [6.07, 6.45) is 3.05. The van der Waals surface area contributed by atoms with Crippen LogP contribution >= 0.6 is 0 Å². The first-order chi connectivity index (χ1) is 10.0. The summed E-state index contributed by atoms with van der Waals surface area (Å²) in [4.78, 5) is 25.8. The van der Waals surface area contributed by atoms with Crippen LogP contribution in [-0.2, 0) is 14.3 Å². The molecule has 1 aromatic carbocycles. The van der Waals surface area contributed by atoms with E-state index in [1.807, 2.05) is 37.3 Å². The maximum atomic E-state index is 12.8. The summed E-state index contributed by atoms with van der Waals surface area (Å²) in [5, 5.41) is 11.4. The third-order valence-electron chi connectivity index (χ3n) is 4.78. The summed E-state index contributed by atoms with van der Waals surface area (Å²) in [6.45, 7) is 2.29. The van der Waals surface area contributed by atoms with Gasteiger partial charge in [-0.25, -0.2) is 0 Å². The summed E-state index contributed by atoms with van der Waals surface area (Å²) >= 11 is 0. The van der Waals surface area contributed by atoms with Crippen molar-refractivity contribution in [3.05, 3.63) is 42.0 Å². The minimum Gasteiger partial charge on any atom is -0.550 e. The highest BCUT2D eigenvalue weighted by Gasteiger charge is 2.65. The molecule has 1 spiro atoms. The smallest absolute Gasteiger partial charge is 0.234 e. The molecule has 0 aliphatic carbocycles. The molecule has 0 radical (unpaired) electrons. The summed E-state index contributed by atoms with van der Waals surface area (Å²) < 4.78 is 5.83. The summed E-state index contributed by atoms with van der Waals surface area (Å²) in [5.74, 6) is -2.98. The first-order valence-corrected chi connectivity index (χ1v) is 6.98. The lowest BCUT2D eigenvalue weighted by atomic mass is 9.77. The van der Waals surface area contributed by atoms with Crippen LogP contribution in [0.1, 0.15) is 5.56 Å². The zero-order valence-electron chi connectivity index (χ0n) is 11.5. The van der Waals surface area contributed by atoms with Crippen LogP contribution in [0.25, 0.3) is 0 Å². The zero-order chi connectivity index (χ0) is 14.8. The number of anilines is 1. The number of amides is 1. The number of carbonyl (C=O) groups is 2. The molecular weight excluding hydrogens is 270 g/mol. The maximum Gasteiger partial charge on any atom is 0.234 e. The molecule has 4 atom stereocenters. The SMILES string of the molecule is Cc1ccccc1N1C[C@@]23C=C[C@H](O2)[C@@H](C(=O)[O-])[C@@H]3C1=O. The van der Waals surface area contributed by atoms with Crippen molar-refractivity contribution < 1.29 is 19.4 Å². The Morgan fingerprint density at radius 1 is 1.43 bits per heavy atom. The van der Waals surface area contributed by atoms with Crippen LogP contribution in [0, 0.1) is 18.8 Å². The van der Waals surface area contributed by atoms with E-state index in [1.54, 1.807) is 11.0 Å². The minimum absolute atomic E-state index is 0.189. The fourth-order valence-electron chi connectivity index (χ4n) is 3.84. The van der Waals surface area contributed by atoms with Crippen LogP contribution in [-0.4, -0.2) is 30.1 Å². The second kappa shape index (κ2) is 3.95. The minimum atomic E-state index is -1.21. The monoisotopic (exact) mass is 284 g/mol. The molecule has 21 heavy (non-hydrogen) atoms. The first kappa shape index (κ1) is 12.6. The Morgan fingerprint density at radius 2 is 2.19 bits per heavy atom. The third-order valence-corrected chi connectivity index (χ3v) is 4.78. The topological polar surface area (TPSA) is 69.7 Å². The lowest BCUT2D eigenvalue weighted by Crippen LogP contribution is -2.45. The van der Waals surface area contributed by atoms with Crippen molar-refractivity contribution in [3.8, 4) is 0 Å². The molecular formula is C16H14NO4-. The van der Waals surface area contributed by atoms with Gasteiger partial charge >= 0.3 is 0 Å². The molecule has 5 heteroatoms. The quantitative estimate of drug-likeness (QED) is 0.719. The molecule has 1 aromatic rings. The third kappa shape index (κ3) is 1.49. The number of aliphatic carboxylic acids is 1. The number of carboxylic acid groups (broad SMARTS) is 1. The fourth-order valence-corrected chi connectivity index (χ4v) is 3.84. The Hall–Kier alpha value is -2.14. The van der Waals surface area contributed by atoms with Gasteiger partial charge in [-0.1, -0.05) is 30.4 Å². The lowest BCUT2D eigenvalue weighted by molar-refractivity contribution is -0.313. The molecule has 2 bridgehead atoms. The second-order valence-electron chi connectivity index (χ2n) is 5.93. The number of nitrogens with zero attached hydrogens (tertiary/aromatic N) is 1. The van der Waals surface area contributed by atoms with Crippen LogP contribution in [0.2, 0.25) is 0 Å². The van der Waals surface area contributed by atoms with E-state index >= 15 is 0 Å². The predicted molar refractivity (Wildman–Crippen MR) is 72.3 cm³/mol. The van der Waals surface area contributed by atoms with Crippen LogP contribution in [0.5, 0.6) is 0 Å². The standard InChI is InChI=1S/C16H15NO4/c1-9-4-2-3-5-10(9)17-8-16-7-6-11(21-16)12(15(19)20)13(16)14(17)18/h2-7,11-13H,8H2,1H3,(H,19,20)/p-1/t11-,12+,13+,16+/m0/s1. The van der Waals surface area contributed by atoms with E-state index in [1.165, 1.54) is 0 Å². The van der Waals surface area contributed by atoms with Gasteiger partial charge in [-0.3, -0.25) is 4.79 Å². The number of para-hydroxylation sites is 1. The Bertz CT molecular complexity index is 683. The molecule has 3 heterocycles. The molecule has 108 valence electrons. The van der Waals surface area contributed by atoms with Crippen molar-refractivity contribution in [2.45, 2.75) is 18.6 Å². The summed E-state index contributed by atoms with van der Waals surface area (Å²) in [5.41, 5.74) is 0.976. The number of hydrogen-bond donors (Lipinski definition) is 0. The van der Waals surface area contributed by atoms with Gasteiger partial charge < -0.3 is 19.5 Å². The average molecular weight is 284 g/mol. The van der Waals surface area contributed by atoms with Gasteiger partial charge in [0, 0.05) is 17.6 Å². The second-order valence-corrected chi connectivity index (χ2v) is 5.93. The predicted octanol–water partition coefficient (Wildman–Crippen LogP) is 0.0313. The van der Waals surface area contributed by atoms with Gasteiger partial charge in [-0.05, 0) is 18.6 Å². The molecule has 0 saturated carbocycles. The molecule has 0 unspecified atom stereocenters. The van der Waals surface area contributed by atoms with Gasteiger partial charge in [0.15, 0.2) is 0 Å². The van der Waals surface area contributed by atoms with E-state index in [2.05, 4.69) is 0 Å². The first-order valence-electron chi connectivity index (χ1n) is 6.98. The Morgan fingerprint density at radius 3 is 2.90 bits per heavy atom. The number of hydrogen-bond acceptors (Lipinski definition) is 4. The Labute approximate surface area is 121 Å². The number of fused-ring (bicyclic) bond motifs is 1. The van der Waals surface area contributed by atoms with Crippen LogP contribution < -0.4 is 10.0 Å². The zero-order valence-corrected chi connectivity index (χ0v) is 11.5. The Balaban J connectivity index is 1.78. The number of aryl methyl sites for hydroxylation is 1. The fraction of sp³-hybridized carbons (Fsp3) is 0.375. The van der Waals surface area contributed by atoms with Gasteiger partial charge in [-0.2, -0.15) is 0 Å². The van der Waals surface area contributed by atoms with Crippen molar-refractivity contribution in [2.24, 2.45) is 11.8 Å². The van der Waals surface area contributed by atoms with Gasteiger partial charge in [0.25, 0.3) is 0 Å². The van der Waals surface area contributed by atoms with E-state index in [0.717, 1.165) is 11.3 Å². The van der Waals surface area contributed by atoms with E-state index in [0.29, 0.717) is 6.54 Å². The van der Waals surface area contributed by atoms with Gasteiger partial charge in [0.1, 0.15) is 5.60 Å². The molecule has 2 fully saturated rings. The molecule has 3 aliphatic heterocycles. The highest BCUT2D eigenvalue weighted by Crippen LogP contribution is 2.52. The van der Waals surface area contributed by atoms with Crippen molar-refractivity contribution in [3.63, 3.8) is 0 Å². The van der Waals surface area contributed by atoms with E-state index in [-0.39, 0.29) is 5.91 Å². The van der Waals surface area contributed by atoms with Crippen molar-refractivity contribution >= 4 is 17.6 Å². The van der Waals surface area contributed by atoms with Crippen molar-refractivity contribution in [2.75, 3.05) is 11.4 Å². The van der Waals surface area contributed by atoms with Gasteiger partial charge in [0.05, 0.1) is 18.6 Å². The number of ether oxygens (including phenoxy) is 1. The number of carbonyl (C=O) groups excluding carboxylic acids is 2. The summed E-state index contributed by atoms with van der Waals surface area (Å²) in [7, 11) is 0. The molecule has 4 rings (SSSR count). The average Bonchev–Trinajstić information content (AvgIpc) is 3.08. The van der Waals surface area contributed by atoms with E-state index in [9.17, 15) is 14.7 Å². The van der Waals surface area contributed by atoms with Crippen LogP contribution in [0.3, 0.4) is 0 Å². The highest BCUT2D eigenvalue weighted by atomic mass is 16.5. The van der Waals surface area contributed by atoms with E-state index in [4.69, 9.17) is 4.74 Å². The molecule has 0 N–H and O–H groups in total. The molecule has 1 amide bonds. The van der Waals surface area contributed by atoms with E-state index < -0.39 is 29.5 Å². The number of carboxylic acids is 1. The van der Waals surface area contributed by atoms with Crippen LogP contribution in [0.15, 0.2) is 36.4 Å². The van der Waals surface area contributed by atoms with Gasteiger partial charge in [0.2, 0.25) is 5.91 Å². The van der Waals surface area contributed by atoms with Gasteiger partial charge in [-0.15, -0.1) is 0 Å². The normalized spacial score (nSPS) is 36.3. The molecule has 3 aliphatic rings. The molecule has 0 aromatic heterocycles. The highest BCUT2D eigenvalue weighted by molar-refractivity contribution is 6.02. The Kier molecular flexibility index (Phi) is 2.37. The number of benzene rings is 1.